The molecule has 0 rings (SSSR count). The monoisotopic (exact) mass is 219 g/mol. The SMILES string of the molecule is O=C(CCCCO)NCCCOCCO. The van der Waals surface area contributed by atoms with E-state index in [9.17, 15) is 4.79 Å². The van der Waals surface area contributed by atoms with Crippen molar-refractivity contribution in [2.24, 2.45) is 0 Å². The lowest BCUT2D eigenvalue weighted by atomic mass is 10.2. The highest BCUT2D eigenvalue weighted by molar-refractivity contribution is 5.75. The molecule has 0 bridgehead atoms. The number of unbranched alkanes of at least 4 members (excludes halogenated alkanes) is 1. The van der Waals surface area contributed by atoms with Gasteiger partial charge < -0.3 is 20.3 Å². The Morgan fingerprint density at radius 2 is 1.87 bits per heavy atom. The number of aliphatic hydroxyl groups excluding tert-OH is 2. The summed E-state index contributed by atoms with van der Waals surface area (Å²) in [5, 5.41) is 19.7. The van der Waals surface area contributed by atoms with Crippen molar-refractivity contribution in [3.05, 3.63) is 0 Å². The molecule has 0 fully saturated rings. The van der Waals surface area contributed by atoms with Crippen molar-refractivity contribution < 1.29 is 19.7 Å². The second-order valence-electron chi connectivity index (χ2n) is 3.22. The summed E-state index contributed by atoms with van der Waals surface area (Å²) in [7, 11) is 0. The van der Waals surface area contributed by atoms with Gasteiger partial charge in [-0.3, -0.25) is 4.79 Å². The number of aliphatic hydroxyl groups is 2. The number of hydrogen-bond acceptors (Lipinski definition) is 4. The maximum absolute atomic E-state index is 11.1. The molecule has 0 aromatic carbocycles. The van der Waals surface area contributed by atoms with E-state index in [0.29, 0.717) is 32.6 Å². The fourth-order valence-corrected chi connectivity index (χ4v) is 1.05. The lowest BCUT2D eigenvalue weighted by molar-refractivity contribution is -0.121. The fourth-order valence-electron chi connectivity index (χ4n) is 1.05. The lowest BCUT2D eigenvalue weighted by Crippen LogP contribution is -2.25. The van der Waals surface area contributed by atoms with Crippen LogP contribution in [0.1, 0.15) is 25.7 Å². The van der Waals surface area contributed by atoms with Gasteiger partial charge in [-0.2, -0.15) is 0 Å². The number of rotatable bonds is 10. The molecular formula is C10H21NO4. The molecule has 0 atom stereocenters. The van der Waals surface area contributed by atoms with Crippen LogP contribution in [0.25, 0.3) is 0 Å². The molecule has 0 aromatic rings. The quantitative estimate of drug-likeness (QED) is 0.439. The number of hydrogen-bond donors (Lipinski definition) is 3. The Bertz CT molecular complexity index is 152. The lowest BCUT2D eigenvalue weighted by Gasteiger charge is -2.05. The maximum atomic E-state index is 11.1. The summed E-state index contributed by atoms with van der Waals surface area (Å²) in [5.41, 5.74) is 0. The van der Waals surface area contributed by atoms with Crippen molar-refractivity contribution in [3.8, 4) is 0 Å². The zero-order valence-electron chi connectivity index (χ0n) is 9.07. The highest BCUT2D eigenvalue weighted by Crippen LogP contribution is 1.93. The maximum Gasteiger partial charge on any atom is 0.219 e. The summed E-state index contributed by atoms with van der Waals surface area (Å²) >= 11 is 0. The Morgan fingerprint density at radius 1 is 1.07 bits per heavy atom. The predicted octanol–water partition coefficient (Wildman–Crippen LogP) is -0.336. The van der Waals surface area contributed by atoms with Crippen LogP contribution >= 0.6 is 0 Å². The Morgan fingerprint density at radius 3 is 2.53 bits per heavy atom. The molecule has 0 radical (unpaired) electrons. The highest BCUT2D eigenvalue weighted by Gasteiger charge is 1.99. The average Bonchev–Trinajstić information content (AvgIpc) is 2.23. The molecule has 0 saturated heterocycles. The van der Waals surface area contributed by atoms with E-state index in [1.165, 1.54) is 0 Å². The van der Waals surface area contributed by atoms with Gasteiger partial charge in [-0.1, -0.05) is 0 Å². The molecule has 0 aliphatic carbocycles. The predicted molar refractivity (Wildman–Crippen MR) is 56.5 cm³/mol. The first-order valence-corrected chi connectivity index (χ1v) is 5.37. The minimum Gasteiger partial charge on any atom is -0.396 e. The van der Waals surface area contributed by atoms with Crippen molar-refractivity contribution in [3.63, 3.8) is 0 Å². The molecule has 1 amide bonds. The van der Waals surface area contributed by atoms with E-state index in [0.717, 1.165) is 12.8 Å². The first kappa shape index (κ1) is 14.3. The summed E-state index contributed by atoms with van der Waals surface area (Å²) in [6, 6.07) is 0. The third kappa shape index (κ3) is 11.3. The molecule has 15 heavy (non-hydrogen) atoms. The summed E-state index contributed by atoms with van der Waals surface area (Å²) in [5.74, 6) is 0.0191. The second kappa shape index (κ2) is 11.4. The minimum absolute atomic E-state index is 0.0191. The third-order valence-electron chi connectivity index (χ3n) is 1.84. The van der Waals surface area contributed by atoms with Crippen LogP contribution in [-0.2, 0) is 9.53 Å². The van der Waals surface area contributed by atoms with Crippen molar-refractivity contribution >= 4 is 5.91 Å². The number of amides is 1. The fraction of sp³-hybridized carbons (Fsp3) is 0.900. The standard InChI is InChI=1S/C10H21NO4/c12-6-2-1-4-10(14)11-5-3-8-15-9-7-13/h12-13H,1-9H2,(H,11,14). The van der Waals surface area contributed by atoms with Gasteiger partial charge in [0.05, 0.1) is 13.2 Å². The molecule has 0 heterocycles. The molecule has 5 heteroatoms. The van der Waals surface area contributed by atoms with Crippen LogP contribution in [0.3, 0.4) is 0 Å². The van der Waals surface area contributed by atoms with Gasteiger partial charge in [0, 0.05) is 26.2 Å². The minimum atomic E-state index is 0.0191. The molecule has 0 spiro atoms. The Hall–Kier alpha value is -0.650. The van der Waals surface area contributed by atoms with E-state index < -0.39 is 0 Å². The summed E-state index contributed by atoms with van der Waals surface area (Å²) in [6.07, 6.45) is 2.63. The smallest absolute Gasteiger partial charge is 0.219 e. The van der Waals surface area contributed by atoms with Crippen molar-refractivity contribution in [1.29, 1.82) is 0 Å². The molecular weight excluding hydrogens is 198 g/mol. The number of carbonyl (C=O) groups is 1. The normalized spacial score (nSPS) is 10.3. The third-order valence-corrected chi connectivity index (χ3v) is 1.84. The molecule has 5 nitrogen and oxygen atoms in total. The summed E-state index contributed by atoms with van der Waals surface area (Å²) in [4.78, 5) is 11.1. The van der Waals surface area contributed by atoms with Crippen LogP contribution in [0.4, 0.5) is 0 Å². The van der Waals surface area contributed by atoms with Crippen molar-refractivity contribution in [1.82, 2.24) is 5.32 Å². The van der Waals surface area contributed by atoms with Crippen LogP contribution in [0, 0.1) is 0 Å². The van der Waals surface area contributed by atoms with Gasteiger partial charge >= 0.3 is 0 Å². The largest absolute Gasteiger partial charge is 0.396 e. The number of carbonyl (C=O) groups excluding carboxylic acids is 1. The van der Waals surface area contributed by atoms with Crippen molar-refractivity contribution in [2.75, 3.05) is 33.0 Å². The van der Waals surface area contributed by atoms with E-state index in [4.69, 9.17) is 14.9 Å². The van der Waals surface area contributed by atoms with Crippen LogP contribution < -0.4 is 5.32 Å². The number of nitrogens with one attached hydrogen (secondary N) is 1. The zero-order chi connectivity index (χ0) is 11.4. The second-order valence-corrected chi connectivity index (χ2v) is 3.22. The van der Waals surface area contributed by atoms with Gasteiger partial charge in [0.25, 0.3) is 0 Å². The summed E-state index contributed by atoms with van der Waals surface area (Å²) in [6.45, 7) is 1.68. The van der Waals surface area contributed by atoms with Crippen LogP contribution in [0.15, 0.2) is 0 Å². The van der Waals surface area contributed by atoms with Gasteiger partial charge in [-0.25, -0.2) is 0 Å². The Balaban J connectivity index is 3.10. The van der Waals surface area contributed by atoms with Crippen LogP contribution in [0.2, 0.25) is 0 Å². The van der Waals surface area contributed by atoms with Crippen molar-refractivity contribution in [2.45, 2.75) is 25.7 Å². The zero-order valence-corrected chi connectivity index (χ0v) is 9.07. The average molecular weight is 219 g/mol. The molecule has 0 aliphatic heterocycles. The van der Waals surface area contributed by atoms with E-state index in [-0.39, 0.29) is 19.1 Å². The highest BCUT2D eigenvalue weighted by atomic mass is 16.5. The molecule has 0 unspecified atom stereocenters. The van der Waals surface area contributed by atoms with Gasteiger partial charge in [0.2, 0.25) is 5.91 Å². The van der Waals surface area contributed by atoms with E-state index in [1.54, 1.807) is 0 Å². The van der Waals surface area contributed by atoms with Crippen LogP contribution in [0.5, 0.6) is 0 Å². The van der Waals surface area contributed by atoms with E-state index in [1.807, 2.05) is 0 Å². The molecule has 0 aromatic heterocycles. The van der Waals surface area contributed by atoms with E-state index >= 15 is 0 Å². The first-order valence-electron chi connectivity index (χ1n) is 5.37. The van der Waals surface area contributed by atoms with Gasteiger partial charge in [-0.05, 0) is 19.3 Å². The first-order chi connectivity index (χ1) is 7.31. The topological polar surface area (TPSA) is 78.8 Å². The molecule has 3 N–H and O–H groups in total. The van der Waals surface area contributed by atoms with Gasteiger partial charge in [0.1, 0.15) is 0 Å². The van der Waals surface area contributed by atoms with Crippen LogP contribution in [-0.4, -0.2) is 49.1 Å². The molecule has 0 saturated carbocycles. The van der Waals surface area contributed by atoms with Gasteiger partial charge in [0.15, 0.2) is 0 Å². The van der Waals surface area contributed by atoms with Gasteiger partial charge in [-0.15, -0.1) is 0 Å². The Labute approximate surface area is 90.4 Å². The number of ether oxygens (including phenoxy) is 1. The molecule has 90 valence electrons. The molecule has 0 aliphatic rings. The van der Waals surface area contributed by atoms with E-state index in [2.05, 4.69) is 5.32 Å². The Kier molecular flexibility index (Phi) is 10.9. The summed E-state index contributed by atoms with van der Waals surface area (Å²) < 4.78 is 5.03.